The van der Waals surface area contributed by atoms with Crippen LogP contribution in [0.5, 0.6) is 0 Å². The van der Waals surface area contributed by atoms with E-state index in [1.54, 1.807) is 6.92 Å². The largest absolute Gasteiger partial charge is 0.481 e. The van der Waals surface area contributed by atoms with Crippen molar-refractivity contribution >= 4 is 143 Å². The highest BCUT2D eigenvalue weighted by Crippen LogP contribution is 2.20. The van der Waals surface area contributed by atoms with Gasteiger partial charge in [-0.2, -0.15) is 24.4 Å². The normalized spacial score (nSPS) is 17.0. The fourth-order valence-electron chi connectivity index (χ4n) is 10.4. The number of nitrogens with two attached hydrogens (primary N) is 2. The first-order valence-corrected chi connectivity index (χ1v) is 37.1. The number of aliphatic carboxylic acids is 4. The molecule has 0 unspecified atom stereocenters. The van der Waals surface area contributed by atoms with E-state index in [0.717, 1.165) is 25.7 Å². The number of thioether (sulfide) groups is 1. The third-order valence-electron chi connectivity index (χ3n) is 16.9. The molecule has 16 amide bonds. The van der Waals surface area contributed by atoms with Gasteiger partial charge in [-0.1, -0.05) is 34.1 Å². The summed E-state index contributed by atoms with van der Waals surface area (Å²) >= 11 is 5.52. The first kappa shape index (κ1) is 99.9. The van der Waals surface area contributed by atoms with Crippen LogP contribution in [0.2, 0.25) is 0 Å². The minimum absolute atomic E-state index is 0.00580. The van der Waals surface area contributed by atoms with Crippen LogP contribution in [0, 0.1) is 11.8 Å². The van der Waals surface area contributed by atoms with Crippen LogP contribution >= 0.6 is 24.4 Å². The summed E-state index contributed by atoms with van der Waals surface area (Å²) in [4.78, 5) is 263. The molecule has 27 N–H and O–H groups in total. The smallest absolute Gasteiger partial charge is 0.326 e. The van der Waals surface area contributed by atoms with Crippen molar-refractivity contribution in [1.29, 1.82) is 0 Å². The van der Waals surface area contributed by atoms with Crippen LogP contribution in [-0.4, -0.2) is 323 Å². The summed E-state index contributed by atoms with van der Waals surface area (Å²) in [7, 11) is 0. The lowest BCUT2D eigenvalue weighted by atomic mass is 9.97. The average Bonchev–Trinajstić information content (AvgIpc) is 1.68. The Hall–Kier alpha value is -10.1. The first-order valence-electron chi connectivity index (χ1n) is 35.1. The molecule has 1 fully saturated rings. The summed E-state index contributed by atoms with van der Waals surface area (Å²) in [6, 6.07) is -25.1. The van der Waals surface area contributed by atoms with E-state index in [2.05, 4.69) is 65.8 Å². The van der Waals surface area contributed by atoms with E-state index >= 15 is 0 Å². The van der Waals surface area contributed by atoms with Gasteiger partial charge in [-0.15, -0.1) is 0 Å². The molecule has 0 radical (unpaired) electrons. The Morgan fingerprint density at radius 1 is 0.455 bits per heavy atom. The van der Waals surface area contributed by atoms with Gasteiger partial charge in [0.05, 0.1) is 63.5 Å². The van der Waals surface area contributed by atoms with E-state index in [-0.39, 0.29) is 31.6 Å². The second-order valence-corrected chi connectivity index (χ2v) is 27.7. The van der Waals surface area contributed by atoms with Crippen molar-refractivity contribution in [2.75, 3.05) is 50.6 Å². The zero-order chi connectivity index (χ0) is 85.7. The zero-order valence-electron chi connectivity index (χ0n) is 62.6. The lowest BCUT2D eigenvalue weighted by Crippen LogP contribution is -2.64. The number of aliphatic hydroxyl groups excluding tert-OH is 5. The van der Waals surface area contributed by atoms with Gasteiger partial charge < -0.3 is 137 Å². The molecule has 0 bridgehead atoms. The summed E-state index contributed by atoms with van der Waals surface area (Å²) in [5.41, 5.74) is 11.2. The number of carbonyl (C=O) groups is 20. The zero-order valence-corrected chi connectivity index (χ0v) is 64.3. The molecule has 0 aromatic heterocycles. The molecule has 0 saturated carbocycles. The molecule has 1 aliphatic rings. The van der Waals surface area contributed by atoms with Crippen molar-refractivity contribution in [2.45, 2.75) is 216 Å². The second-order valence-electron chi connectivity index (χ2n) is 26.4. The van der Waals surface area contributed by atoms with E-state index in [1.807, 2.05) is 27.5 Å². The van der Waals surface area contributed by atoms with Crippen LogP contribution in [0.4, 0.5) is 0 Å². The number of hydrogen-bond donors (Lipinski definition) is 26. The summed E-state index contributed by atoms with van der Waals surface area (Å²) in [5, 5.41) is 121. The Bertz CT molecular complexity index is 3350. The highest BCUT2D eigenvalue weighted by atomic mass is 32.2. The number of rotatable bonds is 52. The quantitative estimate of drug-likeness (QED) is 0.0252. The third kappa shape index (κ3) is 34.6. The molecule has 0 aromatic carbocycles. The maximum atomic E-state index is 14.1. The molecule has 18 atom stereocenters. The van der Waals surface area contributed by atoms with Gasteiger partial charge in [-0.3, -0.25) is 91.1 Å². The highest BCUT2D eigenvalue weighted by molar-refractivity contribution is 7.98. The van der Waals surface area contributed by atoms with Crippen LogP contribution in [-0.2, 0) is 95.9 Å². The Morgan fingerprint density at radius 3 is 1.27 bits per heavy atom. The maximum Gasteiger partial charge on any atom is 0.326 e. The molecule has 1 aliphatic heterocycles. The van der Waals surface area contributed by atoms with Crippen LogP contribution in [0.3, 0.4) is 0 Å². The van der Waals surface area contributed by atoms with Crippen molar-refractivity contribution < 1.29 is 142 Å². The van der Waals surface area contributed by atoms with Crippen LogP contribution in [0.25, 0.3) is 0 Å². The monoisotopic (exact) mass is 1640 g/mol. The van der Waals surface area contributed by atoms with Crippen molar-refractivity contribution in [3.8, 4) is 0 Å². The molecule has 48 heteroatoms. The highest BCUT2D eigenvalue weighted by Gasteiger charge is 2.42. The van der Waals surface area contributed by atoms with Gasteiger partial charge in [-0.25, -0.2) is 4.79 Å². The summed E-state index contributed by atoms with van der Waals surface area (Å²) in [6.45, 7) is 4.54. The Morgan fingerprint density at radius 2 is 0.830 bits per heavy atom. The molecular formula is C64H105N17O29S2. The van der Waals surface area contributed by atoms with Gasteiger partial charge in [0.2, 0.25) is 94.5 Å². The van der Waals surface area contributed by atoms with Crippen molar-refractivity contribution in [3.05, 3.63) is 0 Å². The fourth-order valence-corrected chi connectivity index (χ4v) is 11.1. The van der Waals surface area contributed by atoms with E-state index in [9.17, 15) is 142 Å². The summed E-state index contributed by atoms with van der Waals surface area (Å²) < 4.78 is 0. The lowest BCUT2D eigenvalue weighted by molar-refractivity contribution is -0.151. The first-order chi connectivity index (χ1) is 52.3. The number of primary amides is 1. The number of nitrogens with one attached hydrogen (secondary N) is 14. The number of aliphatic hydroxyl groups is 5. The van der Waals surface area contributed by atoms with Gasteiger partial charge in [0.1, 0.15) is 78.5 Å². The van der Waals surface area contributed by atoms with Crippen molar-refractivity contribution in [2.24, 2.45) is 23.3 Å². The second kappa shape index (κ2) is 50.0. The molecule has 1 rings (SSSR count). The van der Waals surface area contributed by atoms with Crippen LogP contribution < -0.4 is 85.9 Å². The SMILES string of the molecule is CC[C@H](C)[C@H](NC(=O)[C@@H](NC(=O)[C@H](CCC(N)=O)NC(=O)[C@@H](NC(=O)[C@H](CO)NC(=O)[C@@H](NC(=O)[C@@H](NC(=O)[C@H](CS)NC(=O)CNC(=O)[C@@H](N)CCSC)[C@@H](C)O)C(C)C)[C@@H](C)O)[C@@H](C)O)C(=O)NCC(=O)N[C@@H](CC(=O)O)C(=O)N[C@@H](CCC(=O)O)C(=O)N[C@@H](CO)C(=O)N[C@@H](CC(=O)O)C(=O)N1CCC[C@H]1C(=O)O. The van der Waals surface area contributed by atoms with Gasteiger partial charge in [0, 0.05) is 25.1 Å². The fraction of sp³-hybridized carbons (Fsp3) is 0.688. The predicted octanol–water partition coefficient (Wildman–Crippen LogP) is -12.0. The summed E-state index contributed by atoms with van der Waals surface area (Å²) in [5.74, 6) is -27.2. The topological polar surface area (TPSA) is 747 Å². The molecule has 46 nitrogen and oxygen atoms in total. The van der Waals surface area contributed by atoms with Crippen molar-refractivity contribution in [1.82, 2.24) is 79.3 Å². The number of amides is 16. The number of carboxylic acid groups (broad SMARTS) is 4. The molecule has 0 aromatic rings. The van der Waals surface area contributed by atoms with E-state index in [4.69, 9.17) is 11.5 Å². The standard InChI is InChI=1S/C64H105N17O29S2/c1-9-27(4)47(58(103)68-22-41(88)69-34(19-44(92)93)54(99)71-33(13-15-43(90)91)52(97)74-36(23-82)55(100)73-35(20-45(94)95)63(108)81-17-10-11-39(81)64(109)110)77-62(107)50(30(7)86)78-53(98)32(12-14-40(66)87)72-60(105)48(28(5)84)79-56(101)37(24-83)75-59(104)46(26(2)3)76-61(106)49(29(6)85)80-57(102)38(25-111)70-42(89)21-67-51(96)31(65)16-18-112-8/h26-39,46-50,82-86,111H,9-25,65H2,1-8H3,(H2,66,87)(H,67,96)(H,68,103)(H,69,88)(H,70,89)(H,71,99)(H,72,105)(H,73,100)(H,74,97)(H,75,104)(H,76,106)(H,77,107)(H,78,98)(H,79,101)(H,80,102)(H,90,91)(H,92,93)(H,94,95)(H,109,110)/t27-,28+,29+,30+,31-,32-,33-,34-,35-,36-,37-,38-,39-,46-,47-,48-,49-,50-/m0/s1. The third-order valence-corrected chi connectivity index (χ3v) is 18.0. The number of thiol groups is 1. The van der Waals surface area contributed by atoms with E-state index in [0.29, 0.717) is 12.2 Å². The molecule has 1 saturated heterocycles. The van der Waals surface area contributed by atoms with Crippen LogP contribution in [0.15, 0.2) is 0 Å². The molecule has 0 spiro atoms. The van der Waals surface area contributed by atoms with E-state index < -0.39 is 298 Å². The van der Waals surface area contributed by atoms with Gasteiger partial charge in [-0.05, 0) is 76.7 Å². The number of hydrogen-bond acceptors (Lipinski definition) is 28. The molecule has 1 heterocycles. The summed E-state index contributed by atoms with van der Waals surface area (Å²) in [6.07, 6.45) is -8.44. The molecular weight excluding hydrogens is 1530 g/mol. The Labute approximate surface area is 651 Å². The lowest BCUT2D eigenvalue weighted by Gasteiger charge is -2.30. The number of nitrogens with zero attached hydrogens (tertiary/aromatic N) is 1. The molecule has 0 aliphatic carbocycles. The maximum absolute atomic E-state index is 14.1. The number of carbonyl (C=O) groups excluding carboxylic acids is 16. The van der Waals surface area contributed by atoms with Gasteiger partial charge in [0.25, 0.3) is 0 Å². The Kier molecular flexibility index (Phi) is 44.6. The van der Waals surface area contributed by atoms with E-state index in [1.165, 1.54) is 32.5 Å². The molecule has 632 valence electrons. The van der Waals surface area contributed by atoms with Gasteiger partial charge in [0.15, 0.2) is 0 Å². The van der Waals surface area contributed by atoms with Gasteiger partial charge >= 0.3 is 23.9 Å². The number of carboxylic acids is 4. The van der Waals surface area contributed by atoms with Crippen molar-refractivity contribution in [3.63, 3.8) is 0 Å². The predicted molar refractivity (Wildman–Crippen MR) is 390 cm³/mol. The number of likely N-dealkylation sites (tertiary alicyclic amines) is 1. The minimum atomic E-state index is -2.15. The molecule has 112 heavy (non-hydrogen) atoms. The minimum Gasteiger partial charge on any atom is -0.481 e. The van der Waals surface area contributed by atoms with Crippen LogP contribution in [0.1, 0.15) is 113 Å². The average molecular weight is 1640 g/mol. The Balaban J connectivity index is 3.34.